The number of ether oxygens (including phenoxy) is 1. The lowest BCUT2D eigenvalue weighted by Gasteiger charge is -2.31. The molecule has 0 saturated heterocycles. The summed E-state index contributed by atoms with van der Waals surface area (Å²) in [6.45, 7) is -0.894. The molecule has 0 radical (unpaired) electrons. The Morgan fingerprint density at radius 2 is 1.45 bits per heavy atom. The number of rotatable bonds is 1. The molecule has 0 saturated carbocycles. The molecule has 1 aliphatic heterocycles. The molecule has 116 valence electrons. The van der Waals surface area contributed by atoms with Crippen molar-refractivity contribution in [2.24, 2.45) is 0 Å². The second-order valence-electron chi connectivity index (χ2n) is 4.65. The van der Waals surface area contributed by atoms with Gasteiger partial charge in [0.2, 0.25) is 0 Å². The summed E-state index contributed by atoms with van der Waals surface area (Å²) >= 11 is 0. The van der Waals surface area contributed by atoms with Gasteiger partial charge in [0.25, 0.3) is 0 Å². The highest BCUT2D eigenvalue weighted by molar-refractivity contribution is 5.52. The first kappa shape index (κ1) is 14.6. The van der Waals surface area contributed by atoms with E-state index in [2.05, 4.69) is 0 Å². The molecule has 2 aromatic carbocycles. The summed E-state index contributed by atoms with van der Waals surface area (Å²) < 4.78 is 85.4. The third kappa shape index (κ3) is 2.24. The molecule has 0 fully saturated rings. The van der Waals surface area contributed by atoms with Crippen LogP contribution in [0, 0.1) is 34.9 Å². The van der Waals surface area contributed by atoms with E-state index in [1.165, 1.54) is 0 Å². The highest BCUT2D eigenvalue weighted by Crippen LogP contribution is 2.34. The Kier molecular flexibility index (Phi) is 3.38. The van der Waals surface area contributed by atoms with Crippen LogP contribution in [-0.2, 0) is 6.54 Å². The SMILES string of the molecule is Fc1cc(F)c(N2COc3cc(F)c(F)c(F)c3C2)c(F)c1. The van der Waals surface area contributed by atoms with Gasteiger partial charge < -0.3 is 9.64 Å². The van der Waals surface area contributed by atoms with E-state index in [0.717, 1.165) is 4.90 Å². The van der Waals surface area contributed by atoms with Gasteiger partial charge in [-0.15, -0.1) is 0 Å². The van der Waals surface area contributed by atoms with E-state index in [4.69, 9.17) is 4.74 Å². The monoisotopic (exact) mass is 319 g/mol. The molecule has 0 spiro atoms. The molecule has 0 N–H and O–H groups in total. The minimum Gasteiger partial charge on any atom is -0.473 e. The Morgan fingerprint density at radius 1 is 0.818 bits per heavy atom. The molecule has 0 bridgehead atoms. The van der Waals surface area contributed by atoms with E-state index >= 15 is 0 Å². The van der Waals surface area contributed by atoms with Crippen LogP contribution < -0.4 is 9.64 Å². The van der Waals surface area contributed by atoms with E-state index < -0.39 is 53.9 Å². The van der Waals surface area contributed by atoms with Crippen LogP contribution >= 0.6 is 0 Å². The molecule has 0 amide bonds. The van der Waals surface area contributed by atoms with Crippen LogP contribution in [0.4, 0.5) is 32.0 Å². The van der Waals surface area contributed by atoms with Crippen LogP contribution in [0.3, 0.4) is 0 Å². The number of hydrogen-bond acceptors (Lipinski definition) is 2. The Morgan fingerprint density at radius 3 is 2.09 bits per heavy atom. The van der Waals surface area contributed by atoms with E-state index in [1.54, 1.807) is 0 Å². The third-order valence-electron chi connectivity index (χ3n) is 3.25. The summed E-state index contributed by atoms with van der Waals surface area (Å²) in [7, 11) is 0. The van der Waals surface area contributed by atoms with Crippen LogP contribution in [0.1, 0.15) is 5.56 Å². The lowest BCUT2D eigenvalue weighted by Crippen LogP contribution is -2.34. The van der Waals surface area contributed by atoms with Crippen molar-refractivity contribution in [3.05, 3.63) is 58.7 Å². The molecule has 2 aromatic rings. The normalized spacial score (nSPS) is 13.8. The third-order valence-corrected chi connectivity index (χ3v) is 3.25. The van der Waals surface area contributed by atoms with Crippen LogP contribution in [-0.4, -0.2) is 6.73 Å². The number of hydrogen-bond donors (Lipinski definition) is 0. The van der Waals surface area contributed by atoms with Crippen LogP contribution in [0.25, 0.3) is 0 Å². The van der Waals surface area contributed by atoms with Gasteiger partial charge >= 0.3 is 0 Å². The Bertz CT molecular complexity index is 740. The predicted molar refractivity (Wildman–Crippen MR) is 64.3 cm³/mol. The highest BCUT2D eigenvalue weighted by Gasteiger charge is 2.28. The number of nitrogens with zero attached hydrogens (tertiary/aromatic N) is 1. The van der Waals surface area contributed by atoms with Gasteiger partial charge in [-0.2, -0.15) is 0 Å². The number of halogens is 6. The maximum atomic E-state index is 13.7. The van der Waals surface area contributed by atoms with E-state index in [0.29, 0.717) is 18.2 Å². The fraction of sp³-hybridized carbons (Fsp3) is 0.143. The van der Waals surface area contributed by atoms with Gasteiger partial charge in [-0.05, 0) is 0 Å². The molecule has 3 rings (SSSR count). The summed E-state index contributed by atoms with van der Waals surface area (Å²) in [5.41, 5.74) is -1.02. The molecule has 2 nitrogen and oxygen atoms in total. The van der Waals surface area contributed by atoms with Crippen LogP contribution in [0.2, 0.25) is 0 Å². The maximum absolute atomic E-state index is 13.7. The predicted octanol–water partition coefficient (Wildman–Crippen LogP) is 3.88. The highest BCUT2D eigenvalue weighted by atomic mass is 19.2. The molecule has 0 aliphatic carbocycles. The average molecular weight is 319 g/mol. The number of benzene rings is 2. The summed E-state index contributed by atoms with van der Waals surface area (Å²) in [5.74, 6) is -8.43. The van der Waals surface area contributed by atoms with Crippen molar-refractivity contribution in [1.82, 2.24) is 0 Å². The lowest BCUT2D eigenvalue weighted by molar-refractivity contribution is 0.275. The molecule has 0 unspecified atom stereocenters. The van der Waals surface area contributed by atoms with Crippen molar-refractivity contribution in [2.45, 2.75) is 6.54 Å². The first-order valence-corrected chi connectivity index (χ1v) is 6.07. The molecule has 8 heteroatoms. The van der Waals surface area contributed by atoms with Crippen molar-refractivity contribution < 1.29 is 31.1 Å². The standard InChI is InChI=1S/C14H7F6NO/c15-6-1-9(17)14(10(18)2-6)21-4-7-11(22-5-21)3-8(16)13(20)12(7)19/h1-3H,4-5H2. The van der Waals surface area contributed by atoms with Gasteiger partial charge in [-0.25, -0.2) is 26.3 Å². The van der Waals surface area contributed by atoms with Crippen LogP contribution in [0.5, 0.6) is 5.75 Å². The first-order valence-electron chi connectivity index (χ1n) is 6.07. The van der Waals surface area contributed by atoms with E-state index in [9.17, 15) is 26.3 Å². The Hall–Kier alpha value is -2.38. The molecular weight excluding hydrogens is 312 g/mol. The zero-order valence-corrected chi connectivity index (χ0v) is 10.8. The summed E-state index contributed by atoms with van der Waals surface area (Å²) in [4.78, 5) is 0.910. The van der Waals surface area contributed by atoms with Gasteiger partial charge in [0.15, 0.2) is 35.8 Å². The van der Waals surface area contributed by atoms with Crippen molar-refractivity contribution >= 4 is 5.69 Å². The topological polar surface area (TPSA) is 12.5 Å². The fourth-order valence-electron chi connectivity index (χ4n) is 2.25. The molecular formula is C14H7F6NO. The van der Waals surface area contributed by atoms with Gasteiger partial charge in [0.05, 0.1) is 12.1 Å². The maximum Gasteiger partial charge on any atom is 0.195 e. The minimum atomic E-state index is -1.70. The number of anilines is 1. The molecule has 0 aromatic heterocycles. The second kappa shape index (κ2) is 5.11. The summed E-state index contributed by atoms with van der Waals surface area (Å²) in [6, 6.07) is 1.56. The Labute approximate surface area is 120 Å². The number of fused-ring (bicyclic) bond motifs is 1. The lowest BCUT2D eigenvalue weighted by atomic mass is 10.1. The molecule has 22 heavy (non-hydrogen) atoms. The molecule has 1 heterocycles. The smallest absolute Gasteiger partial charge is 0.195 e. The van der Waals surface area contributed by atoms with Crippen molar-refractivity contribution in [1.29, 1.82) is 0 Å². The van der Waals surface area contributed by atoms with Gasteiger partial charge in [0.1, 0.15) is 17.3 Å². The van der Waals surface area contributed by atoms with Gasteiger partial charge in [0, 0.05) is 18.2 Å². The second-order valence-corrected chi connectivity index (χ2v) is 4.65. The van der Waals surface area contributed by atoms with Crippen molar-refractivity contribution in [3.63, 3.8) is 0 Å². The fourth-order valence-corrected chi connectivity index (χ4v) is 2.25. The van der Waals surface area contributed by atoms with Gasteiger partial charge in [-0.3, -0.25) is 0 Å². The van der Waals surface area contributed by atoms with Crippen molar-refractivity contribution in [2.75, 3.05) is 11.6 Å². The van der Waals surface area contributed by atoms with Gasteiger partial charge in [-0.1, -0.05) is 0 Å². The van der Waals surface area contributed by atoms with Crippen molar-refractivity contribution in [3.8, 4) is 5.75 Å². The largest absolute Gasteiger partial charge is 0.473 e. The van der Waals surface area contributed by atoms with E-state index in [-0.39, 0.29) is 11.3 Å². The average Bonchev–Trinajstić information content (AvgIpc) is 2.44. The minimum absolute atomic E-state index is 0.254. The zero-order chi connectivity index (χ0) is 16.0. The summed E-state index contributed by atoms with van der Waals surface area (Å²) in [5, 5.41) is 0. The van der Waals surface area contributed by atoms with E-state index in [1.807, 2.05) is 0 Å². The zero-order valence-electron chi connectivity index (χ0n) is 10.8. The Balaban J connectivity index is 2.04. The first-order chi connectivity index (χ1) is 10.4. The molecule has 1 aliphatic rings. The quantitative estimate of drug-likeness (QED) is 0.584. The molecule has 0 atom stereocenters. The summed E-state index contributed by atoms with van der Waals surface area (Å²) in [6.07, 6.45) is 0. The van der Waals surface area contributed by atoms with Crippen LogP contribution in [0.15, 0.2) is 18.2 Å².